The second-order valence-corrected chi connectivity index (χ2v) is 7.24. The lowest BCUT2D eigenvalue weighted by Gasteiger charge is -2.30. The highest BCUT2D eigenvalue weighted by atomic mass is 16.4. The standard InChI is InChI=1S/C23H29N3O3/c1-15(2)21(23(28)29)26(16(3)27)14-17-10-12-18(13-11-17)19-8-6-7-9-20(19)22(24-4)25-5/h6-13,15,21H,14H2,1-5H3,(H,24,25)(H,28,29)/t21-/m0/s1. The Labute approximate surface area is 172 Å². The van der Waals surface area contributed by atoms with E-state index in [1.165, 1.54) is 11.8 Å². The number of amidine groups is 1. The number of carboxylic acids is 1. The first-order valence-corrected chi connectivity index (χ1v) is 9.63. The number of nitrogens with one attached hydrogen (secondary N) is 1. The molecular weight excluding hydrogens is 366 g/mol. The van der Waals surface area contributed by atoms with Crippen LogP contribution in [0.4, 0.5) is 0 Å². The number of aliphatic imine (C=N–C) groups is 1. The Hall–Kier alpha value is -3.15. The third-order valence-electron chi connectivity index (χ3n) is 4.89. The number of amides is 1. The number of hydrogen-bond acceptors (Lipinski definition) is 3. The minimum absolute atomic E-state index is 0.184. The summed E-state index contributed by atoms with van der Waals surface area (Å²) in [5.41, 5.74) is 3.95. The Morgan fingerprint density at radius 2 is 1.72 bits per heavy atom. The van der Waals surface area contributed by atoms with Crippen molar-refractivity contribution in [2.75, 3.05) is 14.1 Å². The Morgan fingerprint density at radius 3 is 2.21 bits per heavy atom. The van der Waals surface area contributed by atoms with Gasteiger partial charge in [-0.25, -0.2) is 4.79 Å². The molecule has 0 saturated carbocycles. The van der Waals surface area contributed by atoms with Gasteiger partial charge in [0.05, 0.1) is 0 Å². The van der Waals surface area contributed by atoms with Crippen LogP contribution < -0.4 is 5.32 Å². The van der Waals surface area contributed by atoms with E-state index in [0.29, 0.717) is 0 Å². The number of aliphatic carboxylic acids is 1. The molecule has 0 aliphatic carbocycles. The highest BCUT2D eigenvalue weighted by Gasteiger charge is 2.30. The smallest absolute Gasteiger partial charge is 0.326 e. The van der Waals surface area contributed by atoms with E-state index in [2.05, 4.69) is 10.3 Å². The summed E-state index contributed by atoms with van der Waals surface area (Å²) in [7, 11) is 3.59. The quantitative estimate of drug-likeness (QED) is 0.556. The molecule has 0 heterocycles. The molecule has 2 aromatic carbocycles. The van der Waals surface area contributed by atoms with E-state index in [9.17, 15) is 14.7 Å². The van der Waals surface area contributed by atoms with E-state index in [1.54, 1.807) is 7.05 Å². The number of carbonyl (C=O) groups is 2. The molecule has 0 aromatic heterocycles. The summed E-state index contributed by atoms with van der Waals surface area (Å²) >= 11 is 0. The van der Waals surface area contributed by atoms with Gasteiger partial charge in [-0.15, -0.1) is 0 Å². The molecule has 0 bridgehead atoms. The molecule has 0 aliphatic heterocycles. The largest absolute Gasteiger partial charge is 0.480 e. The van der Waals surface area contributed by atoms with E-state index in [-0.39, 0.29) is 18.4 Å². The summed E-state index contributed by atoms with van der Waals surface area (Å²) in [5, 5.41) is 12.7. The maximum absolute atomic E-state index is 12.1. The molecule has 6 heteroatoms. The van der Waals surface area contributed by atoms with Gasteiger partial charge < -0.3 is 15.3 Å². The number of rotatable bonds is 7. The molecule has 0 aliphatic rings. The van der Waals surface area contributed by atoms with Crippen LogP contribution in [0.3, 0.4) is 0 Å². The van der Waals surface area contributed by atoms with E-state index in [0.717, 1.165) is 28.1 Å². The van der Waals surface area contributed by atoms with Gasteiger partial charge in [-0.3, -0.25) is 9.79 Å². The predicted octanol–water partition coefficient (Wildman–Crippen LogP) is 3.41. The van der Waals surface area contributed by atoms with Crippen molar-refractivity contribution >= 4 is 17.7 Å². The first-order valence-electron chi connectivity index (χ1n) is 9.63. The van der Waals surface area contributed by atoms with Gasteiger partial charge in [0, 0.05) is 33.1 Å². The van der Waals surface area contributed by atoms with Gasteiger partial charge in [-0.1, -0.05) is 62.4 Å². The average molecular weight is 396 g/mol. The Balaban J connectivity index is 2.34. The van der Waals surface area contributed by atoms with Crippen molar-refractivity contribution in [2.24, 2.45) is 10.9 Å². The molecule has 0 spiro atoms. The molecular formula is C23H29N3O3. The lowest BCUT2D eigenvalue weighted by molar-refractivity contribution is -0.152. The molecule has 0 fully saturated rings. The van der Waals surface area contributed by atoms with E-state index in [1.807, 2.05) is 69.4 Å². The third kappa shape index (κ3) is 5.22. The zero-order chi connectivity index (χ0) is 21.6. The maximum atomic E-state index is 12.1. The van der Waals surface area contributed by atoms with Crippen molar-refractivity contribution in [1.29, 1.82) is 0 Å². The summed E-state index contributed by atoms with van der Waals surface area (Å²) in [6.07, 6.45) is 0. The molecule has 1 amide bonds. The molecule has 0 saturated heterocycles. The summed E-state index contributed by atoms with van der Waals surface area (Å²) < 4.78 is 0. The summed E-state index contributed by atoms with van der Waals surface area (Å²) in [6, 6.07) is 15.0. The lowest BCUT2D eigenvalue weighted by atomic mass is 9.97. The van der Waals surface area contributed by atoms with Crippen molar-refractivity contribution in [3.05, 3.63) is 59.7 Å². The number of carboxylic acid groups (broad SMARTS) is 1. The Morgan fingerprint density at radius 1 is 1.10 bits per heavy atom. The van der Waals surface area contributed by atoms with Crippen LogP contribution in [0.25, 0.3) is 11.1 Å². The zero-order valence-corrected chi connectivity index (χ0v) is 17.6. The van der Waals surface area contributed by atoms with Crippen LogP contribution in [0.5, 0.6) is 0 Å². The highest BCUT2D eigenvalue weighted by molar-refractivity contribution is 6.04. The summed E-state index contributed by atoms with van der Waals surface area (Å²) in [6.45, 7) is 5.28. The molecule has 0 unspecified atom stereocenters. The van der Waals surface area contributed by atoms with Gasteiger partial charge >= 0.3 is 5.97 Å². The molecule has 6 nitrogen and oxygen atoms in total. The molecule has 2 aromatic rings. The van der Waals surface area contributed by atoms with Gasteiger partial charge in [0.1, 0.15) is 11.9 Å². The van der Waals surface area contributed by atoms with Crippen molar-refractivity contribution in [3.63, 3.8) is 0 Å². The zero-order valence-electron chi connectivity index (χ0n) is 17.6. The molecule has 154 valence electrons. The van der Waals surface area contributed by atoms with Crippen molar-refractivity contribution in [2.45, 2.75) is 33.4 Å². The number of benzene rings is 2. The Bertz CT molecular complexity index is 888. The van der Waals surface area contributed by atoms with Gasteiger partial charge in [-0.05, 0) is 22.6 Å². The fraction of sp³-hybridized carbons (Fsp3) is 0.348. The van der Waals surface area contributed by atoms with Crippen LogP contribution in [0.1, 0.15) is 31.9 Å². The second-order valence-electron chi connectivity index (χ2n) is 7.24. The van der Waals surface area contributed by atoms with Crippen molar-refractivity contribution in [3.8, 4) is 11.1 Å². The lowest BCUT2D eigenvalue weighted by Crippen LogP contribution is -2.46. The van der Waals surface area contributed by atoms with Gasteiger partial charge in [-0.2, -0.15) is 0 Å². The second kappa shape index (κ2) is 9.87. The monoisotopic (exact) mass is 395 g/mol. The third-order valence-corrected chi connectivity index (χ3v) is 4.89. The van der Waals surface area contributed by atoms with Crippen LogP contribution in [-0.2, 0) is 16.1 Å². The molecule has 2 rings (SSSR count). The van der Waals surface area contributed by atoms with Crippen LogP contribution >= 0.6 is 0 Å². The van der Waals surface area contributed by atoms with Crippen LogP contribution in [-0.4, -0.2) is 47.9 Å². The van der Waals surface area contributed by atoms with Crippen molar-refractivity contribution in [1.82, 2.24) is 10.2 Å². The van der Waals surface area contributed by atoms with Gasteiger partial charge in [0.2, 0.25) is 5.91 Å². The Kier molecular flexibility index (Phi) is 7.53. The van der Waals surface area contributed by atoms with E-state index in [4.69, 9.17) is 0 Å². The van der Waals surface area contributed by atoms with Gasteiger partial charge in [0.15, 0.2) is 0 Å². The fourth-order valence-electron chi connectivity index (χ4n) is 3.48. The first-order chi connectivity index (χ1) is 13.8. The van der Waals surface area contributed by atoms with E-state index < -0.39 is 12.0 Å². The van der Waals surface area contributed by atoms with Crippen molar-refractivity contribution < 1.29 is 14.7 Å². The van der Waals surface area contributed by atoms with Crippen LogP contribution in [0.2, 0.25) is 0 Å². The summed E-state index contributed by atoms with van der Waals surface area (Å²) in [4.78, 5) is 29.5. The predicted molar refractivity (Wildman–Crippen MR) is 116 cm³/mol. The van der Waals surface area contributed by atoms with Crippen LogP contribution in [0, 0.1) is 5.92 Å². The normalized spacial score (nSPS) is 12.6. The number of carbonyl (C=O) groups excluding carboxylic acids is 1. The minimum Gasteiger partial charge on any atom is -0.480 e. The highest BCUT2D eigenvalue weighted by Crippen LogP contribution is 2.25. The maximum Gasteiger partial charge on any atom is 0.326 e. The molecule has 0 radical (unpaired) electrons. The molecule has 1 atom stereocenters. The summed E-state index contributed by atoms with van der Waals surface area (Å²) in [5.74, 6) is -0.623. The SMILES string of the molecule is CN=C(NC)c1ccccc1-c1ccc(CN(C(C)=O)[C@H](C(=O)O)C(C)C)cc1. The fourth-order valence-corrected chi connectivity index (χ4v) is 3.48. The average Bonchev–Trinajstić information content (AvgIpc) is 2.69. The number of nitrogens with zero attached hydrogens (tertiary/aromatic N) is 2. The van der Waals surface area contributed by atoms with E-state index >= 15 is 0 Å². The van der Waals surface area contributed by atoms with Crippen LogP contribution in [0.15, 0.2) is 53.5 Å². The van der Waals surface area contributed by atoms with Gasteiger partial charge in [0.25, 0.3) is 0 Å². The first kappa shape index (κ1) is 22.1. The minimum atomic E-state index is -0.987. The topological polar surface area (TPSA) is 82.0 Å². The number of hydrogen-bond donors (Lipinski definition) is 2. The molecule has 29 heavy (non-hydrogen) atoms. The molecule has 2 N–H and O–H groups in total.